The molecule has 1 aliphatic rings. The van der Waals surface area contributed by atoms with E-state index in [0.717, 1.165) is 17.1 Å². The molecule has 3 rings (SSSR count). The lowest BCUT2D eigenvalue weighted by atomic mass is 10.1. The molecule has 0 radical (unpaired) electrons. The van der Waals surface area contributed by atoms with E-state index in [1.165, 1.54) is 0 Å². The summed E-state index contributed by atoms with van der Waals surface area (Å²) in [6.07, 6.45) is 0.467. The molecule has 7 heteroatoms. The van der Waals surface area contributed by atoms with Gasteiger partial charge in [-0.25, -0.2) is 4.79 Å². The van der Waals surface area contributed by atoms with Crippen LogP contribution < -0.4 is 15.4 Å². The van der Waals surface area contributed by atoms with Gasteiger partial charge in [0.05, 0.1) is 0 Å². The fraction of sp³-hybridized carbons (Fsp3) is 0.250. The molecule has 0 spiro atoms. The van der Waals surface area contributed by atoms with Crippen LogP contribution in [0.5, 0.6) is 11.5 Å². The molecule has 1 saturated heterocycles. The number of carbonyl (C=O) groups is 3. The van der Waals surface area contributed by atoms with Gasteiger partial charge in [-0.15, -0.1) is 0 Å². The highest BCUT2D eigenvalue weighted by atomic mass is 16.5. The molecule has 140 valence electrons. The van der Waals surface area contributed by atoms with Gasteiger partial charge >= 0.3 is 6.03 Å². The molecule has 1 fully saturated rings. The van der Waals surface area contributed by atoms with Crippen LogP contribution in [0.2, 0.25) is 0 Å². The maximum absolute atomic E-state index is 12.3. The number of hydrogen-bond acceptors (Lipinski definition) is 4. The topological polar surface area (TPSA) is 87.7 Å². The summed E-state index contributed by atoms with van der Waals surface area (Å²) in [7, 11) is 1.71. The molecule has 1 atom stereocenters. The van der Waals surface area contributed by atoms with E-state index in [4.69, 9.17) is 4.74 Å². The number of para-hydroxylation sites is 1. The fourth-order valence-electron chi connectivity index (χ4n) is 2.77. The van der Waals surface area contributed by atoms with Gasteiger partial charge in [-0.3, -0.25) is 14.9 Å². The monoisotopic (exact) mass is 367 g/mol. The molecule has 2 N–H and O–H groups in total. The minimum absolute atomic E-state index is 0.0893. The summed E-state index contributed by atoms with van der Waals surface area (Å²) >= 11 is 0. The summed E-state index contributed by atoms with van der Waals surface area (Å²) in [4.78, 5) is 36.4. The normalized spacial score (nSPS) is 15.8. The maximum Gasteiger partial charge on any atom is 0.322 e. The molecule has 0 aliphatic carbocycles. The summed E-state index contributed by atoms with van der Waals surface area (Å²) in [5.74, 6) is 1.01. The first-order valence-electron chi connectivity index (χ1n) is 8.68. The average molecular weight is 367 g/mol. The number of hydrogen-bond donors (Lipinski definition) is 2. The Kier molecular flexibility index (Phi) is 5.71. The van der Waals surface area contributed by atoms with Gasteiger partial charge in [0.25, 0.3) is 5.91 Å². The average Bonchev–Trinajstić information content (AvgIpc) is 2.99. The lowest BCUT2D eigenvalue weighted by Gasteiger charge is -2.18. The van der Waals surface area contributed by atoms with Crippen LogP contribution in [0.25, 0.3) is 0 Å². The van der Waals surface area contributed by atoms with Crippen molar-refractivity contribution in [3.8, 4) is 11.5 Å². The Hall–Kier alpha value is -3.35. The summed E-state index contributed by atoms with van der Waals surface area (Å²) in [6, 6.07) is 15.9. The molecule has 0 saturated carbocycles. The first-order valence-corrected chi connectivity index (χ1v) is 8.68. The van der Waals surface area contributed by atoms with Crippen LogP contribution in [-0.4, -0.2) is 35.8 Å². The largest absolute Gasteiger partial charge is 0.457 e. The number of imide groups is 1. The number of carbonyl (C=O) groups excluding carboxylic acids is 3. The zero-order valence-electron chi connectivity index (χ0n) is 15.0. The van der Waals surface area contributed by atoms with E-state index < -0.39 is 12.1 Å². The van der Waals surface area contributed by atoms with E-state index in [1.54, 1.807) is 11.9 Å². The van der Waals surface area contributed by atoms with Gasteiger partial charge in [0, 0.05) is 20.0 Å². The first kappa shape index (κ1) is 18.4. The number of benzene rings is 2. The molecule has 7 nitrogen and oxygen atoms in total. The number of amides is 4. The minimum Gasteiger partial charge on any atom is -0.457 e. The second kappa shape index (κ2) is 8.35. The number of rotatable bonds is 7. The molecule has 27 heavy (non-hydrogen) atoms. The Morgan fingerprint density at radius 1 is 1.04 bits per heavy atom. The molecule has 4 amide bonds. The van der Waals surface area contributed by atoms with Crippen LogP contribution >= 0.6 is 0 Å². The number of nitrogens with one attached hydrogen (secondary N) is 2. The van der Waals surface area contributed by atoms with Gasteiger partial charge in [0.15, 0.2) is 0 Å². The summed E-state index contributed by atoms with van der Waals surface area (Å²) < 4.78 is 5.75. The van der Waals surface area contributed by atoms with Crippen LogP contribution in [0, 0.1) is 0 Å². The zero-order chi connectivity index (χ0) is 19.2. The highest BCUT2D eigenvalue weighted by molar-refractivity contribution is 6.04. The quantitative estimate of drug-likeness (QED) is 0.736. The van der Waals surface area contributed by atoms with Gasteiger partial charge in [-0.05, 0) is 36.2 Å². The Bertz CT molecular complexity index is 821. The lowest BCUT2D eigenvalue weighted by molar-refractivity contribution is -0.130. The summed E-state index contributed by atoms with van der Waals surface area (Å²) in [6.45, 7) is 0.452. The van der Waals surface area contributed by atoms with Gasteiger partial charge < -0.3 is 15.0 Å². The van der Waals surface area contributed by atoms with E-state index in [9.17, 15) is 14.4 Å². The van der Waals surface area contributed by atoms with Crippen molar-refractivity contribution in [1.29, 1.82) is 0 Å². The summed E-state index contributed by atoms with van der Waals surface area (Å²) in [5.41, 5.74) is 0.971. The van der Waals surface area contributed by atoms with E-state index >= 15 is 0 Å². The number of urea groups is 1. The molecule has 2 aromatic carbocycles. The van der Waals surface area contributed by atoms with E-state index in [2.05, 4.69) is 10.6 Å². The van der Waals surface area contributed by atoms with Crippen molar-refractivity contribution in [3.63, 3.8) is 0 Å². The van der Waals surface area contributed by atoms with Crippen molar-refractivity contribution in [2.24, 2.45) is 0 Å². The Balaban J connectivity index is 1.48. The lowest BCUT2D eigenvalue weighted by Crippen LogP contribution is -2.32. The Morgan fingerprint density at radius 3 is 2.33 bits per heavy atom. The third-order valence-electron chi connectivity index (χ3n) is 4.25. The van der Waals surface area contributed by atoms with Crippen molar-refractivity contribution < 1.29 is 19.1 Å². The minimum atomic E-state index is -0.635. The van der Waals surface area contributed by atoms with Crippen LogP contribution in [0.15, 0.2) is 54.6 Å². The number of nitrogens with zero attached hydrogens (tertiary/aromatic N) is 1. The Labute approximate surface area is 157 Å². The van der Waals surface area contributed by atoms with Crippen LogP contribution in [0.4, 0.5) is 4.79 Å². The third kappa shape index (κ3) is 5.07. The van der Waals surface area contributed by atoms with Crippen molar-refractivity contribution in [3.05, 3.63) is 60.2 Å². The molecule has 0 bridgehead atoms. The first-order chi connectivity index (χ1) is 13.0. The van der Waals surface area contributed by atoms with Crippen LogP contribution in [-0.2, 0) is 16.1 Å². The molecule has 0 unspecified atom stereocenters. The maximum atomic E-state index is 12.3. The molecular weight excluding hydrogens is 346 g/mol. The number of ether oxygens (including phenoxy) is 1. The third-order valence-corrected chi connectivity index (χ3v) is 4.25. The highest BCUT2D eigenvalue weighted by Crippen LogP contribution is 2.21. The van der Waals surface area contributed by atoms with Gasteiger partial charge in [-0.2, -0.15) is 0 Å². The van der Waals surface area contributed by atoms with E-state index in [0.29, 0.717) is 6.54 Å². The molecular formula is C20H21N3O4. The van der Waals surface area contributed by atoms with Gasteiger partial charge in [0.1, 0.15) is 17.5 Å². The second-order valence-corrected chi connectivity index (χ2v) is 6.36. The molecule has 1 aliphatic heterocycles. The SMILES string of the molecule is CN(Cc1ccc(Oc2ccccc2)cc1)C(=O)CC[C@H]1NC(=O)NC1=O. The molecule has 1 heterocycles. The van der Waals surface area contributed by atoms with E-state index in [1.807, 2.05) is 54.6 Å². The highest BCUT2D eigenvalue weighted by Gasteiger charge is 2.29. The smallest absolute Gasteiger partial charge is 0.322 e. The molecule has 2 aromatic rings. The fourth-order valence-corrected chi connectivity index (χ4v) is 2.77. The van der Waals surface area contributed by atoms with Crippen LogP contribution in [0.3, 0.4) is 0 Å². The Morgan fingerprint density at radius 2 is 1.70 bits per heavy atom. The van der Waals surface area contributed by atoms with Crippen molar-refractivity contribution in [2.75, 3.05) is 7.05 Å². The predicted molar refractivity (Wildman–Crippen MR) is 99.1 cm³/mol. The van der Waals surface area contributed by atoms with Gasteiger partial charge in [-0.1, -0.05) is 30.3 Å². The zero-order valence-corrected chi connectivity index (χ0v) is 15.0. The van der Waals surface area contributed by atoms with E-state index in [-0.39, 0.29) is 24.7 Å². The predicted octanol–water partition coefficient (Wildman–Crippen LogP) is 2.43. The second-order valence-electron chi connectivity index (χ2n) is 6.36. The molecule has 0 aromatic heterocycles. The van der Waals surface area contributed by atoms with Crippen molar-refractivity contribution in [2.45, 2.75) is 25.4 Å². The standard InChI is InChI=1S/C20H21N3O4/c1-23(18(24)12-11-17-19(25)22-20(26)21-17)13-14-7-9-16(10-8-14)27-15-5-3-2-4-6-15/h2-10,17H,11-13H2,1H3,(H2,21,22,25,26)/t17-/m1/s1. The van der Waals surface area contributed by atoms with Crippen molar-refractivity contribution in [1.82, 2.24) is 15.5 Å². The van der Waals surface area contributed by atoms with Crippen LogP contribution in [0.1, 0.15) is 18.4 Å². The van der Waals surface area contributed by atoms with Crippen molar-refractivity contribution >= 4 is 17.8 Å². The van der Waals surface area contributed by atoms with Gasteiger partial charge in [0.2, 0.25) is 5.91 Å². The summed E-state index contributed by atoms with van der Waals surface area (Å²) in [5, 5.41) is 4.65.